The standard InChI is InChI=1S/C17H25FN4O.HI/c1-4-19-17(22-9-7-21(8-10-22)14(3)23)20-12-15-5-6-16(18)13(2)11-15;/h5-6,11H,4,7-10,12H2,1-3H3,(H,19,20);1H. The van der Waals surface area contributed by atoms with E-state index < -0.39 is 0 Å². The van der Waals surface area contributed by atoms with Gasteiger partial charge in [0.2, 0.25) is 5.91 Å². The van der Waals surface area contributed by atoms with Crippen molar-refractivity contribution >= 4 is 35.8 Å². The lowest BCUT2D eigenvalue weighted by atomic mass is 10.1. The maximum Gasteiger partial charge on any atom is 0.219 e. The van der Waals surface area contributed by atoms with Gasteiger partial charge in [-0.1, -0.05) is 12.1 Å². The van der Waals surface area contributed by atoms with E-state index in [1.165, 1.54) is 6.07 Å². The lowest BCUT2D eigenvalue weighted by molar-refractivity contribution is -0.130. The maximum absolute atomic E-state index is 13.3. The number of nitrogens with one attached hydrogen (secondary N) is 1. The molecule has 1 aliphatic rings. The zero-order valence-corrected chi connectivity index (χ0v) is 16.8. The molecule has 0 spiro atoms. The number of halogens is 2. The molecule has 134 valence electrons. The number of nitrogens with zero attached hydrogens (tertiary/aromatic N) is 3. The van der Waals surface area contributed by atoms with Gasteiger partial charge in [0, 0.05) is 39.6 Å². The number of carbonyl (C=O) groups is 1. The smallest absolute Gasteiger partial charge is 0.219 e. The van der Waals surface area contributed by atoms with Crippen LogP contribution in [0, 0.1) is 12.7 Å². The second-order valence-electron chi connectivity index (χ2n) is 5.75. The van der Waals surface area contributed by atoms with Crippen LogP contribution in [0.15, 0.2) is 23.2 Å². The van der Waals surface area contributed by atoms with Crippen LogP contribution in [0.25, 0.3) is 0 Å². The van der Waals surface area contributed by atoms with Gasteiger partial charge in [0.25, 0.3) is 0 Å². The summed E-state index contributed by atoms with van der Waals surface area (Å²) in [5.74, 6) is 0.774. The molecule has 0 bridgehead atoms. The Bertz CT molecular complexity index is 586. The number of hydrogen-bond donors (Lipinski definition) is 1. The fraction of sp³-hybridized carbons (Fsp3) is 0.529. The molecular formula is C17H26FIN4O. The zero-order chi connectivity index (χ0) is 16.8. The molecule has 5 nitrogen and oxygen atoms in total. The summed E-state index contributed by atoms with van der Waals surface area (Å²) in [5, 5.41) is 3.29. The van der Waals surface area contributed by atoms with Gasteiger partial charge in [-0.3, -0.25) is 4.79 Å². The molecule has 1 aliphatic heterocycles. The van der Waals surface area contributed by atoms with Gasteiger partial charge in [-0.15, -0.1) is 24.0 Å². The number of aliphatic imine (C=N–C) groups is 1. The number of guanidine groups is 1. The molecule has 0 aromatic heterocycles. The summed E-state index contributed by atoms with van der Waals surface area (Å²) < 4.78 is 13.3. The van der Waals surface area contributed by atoms with Gasteiger partial charge in [0.15, 0.2) is 5.96 Å². The lowest BCUT2D eigenvalue weighted by Crippen LogP contribution is -2.53. The van der Waals surface area contributed by atoms with Crippen LogP contribution in [0.1, 0.15) is 25.0 Å². The number of carbonyl (C=O) groups excluding carboxylic acids is 1. The number of hydrogen-bond acceptors (Lipinski definition) is 2. The SMILES string of the molecule is CCNC(=NCc1ccc(F)c(C)c1)N1CCN(C(C)=O)CC1.I. The Kier molecular flexibility index (Phi) is 8.44. The van der Waals surface area contributed by atoms with E-state index in [-0.39, 0.29) is 35.7 Å². The zero-order valence-electron chi connectivity index (χ0n) is 14.5. The third-order valence-corrected chi connectivity index (χ3v) is 3.99. The Morgan fingerprint density at radius 1 is 1.25 bits per heavy atom. The number of benzene rings is 1. The summed E-state index contributed by atoms with van der Waals surface area (Å²) in [4.78, 5) is 20.1. The first kappa shape index (κ1) is 20.7. The first-order valence-electron chi connectivity index (χ1n) is 8.05. The molecule has 1 saturated heterocycles. The average Bonchev–Trinajstić information content (AvgIpc) is 2.54. The van der Waals surface area contributed by atoms with E-state index in [4.69, 9.17) is 0 Å². The second kappa shape index (κ2) is 9.80. The predicted molar refractivity (Wildman–Crippen MR) is 105 cm³/mol. The molecule has 1 aromatic rings. The van der Waals surface area contributed by atoms with Gasteiger partial charge < -0.3 is 15.1 Å². The molecule has 1 fully saturated rings. The molecule has 1 amide bonds. The highest BCUT2D eigenvalue weighted by atomic mass is 127. The predicted octanol–water partition coefficient (Wildman–Crippen LogP) is 2.38. The molecule has 0 unspecified atom stereocenters. The first-order valence-corrected chi connectivity index (χ1v) is 8.05. The maximum atomic E-state index is 13.3. The second-order valence-corrected chi connectivity index (χ2v) is 5.75. The fourth-order valence-corrected chi connectivity index (χ4v) is 2.63. The van der Waals surface area contributed by atoms with Crippen molar-refractivity contribution in [2.24, 2.45) is 4.99 Å². The van der Waals surface area contributed by atoms with Crippen LogP contribution in [0.3, 0.4) is 0 Å². The summed E-state index contributed by atoms with van der Waals surface area (Å²) in [5.41, 5.74) is 1.62. The number of aryl methyl sites for hydroxylation is 1. The minimum Gasteiger partial charge on any atom is -0.357 e. The Labute approximate surface area is 160 Å². The summed E-state index contributed by atoms with van der Waals surface area (Å²) in [7, 11) is 0. The average molecular weight is 448 g/mol. The highest BCUT2D eigenvalue weighted by molar-refractivity contribution is 14.0. The van der Waals surface area contributed by atoms with Gasteiger partial charge >= 0.3 is 0 Å². The molecule has 0 radical (unpaired) electrons. The van der Waals surface area contributed by atoms with E-state index in [0.29, 0.717) is 12.1 Å². The highest BCUT2D eigenvalue weighted by Crippen LogP contribution is 2.11. The van der Waals surface area contributed by atoms with Crippen LogP contribution >= 0.6 is 24.0 Å². The molecule has 1 heterocycles. The number of rotatable bonds is 3. The Balaban J connectivity index is 0.00000288. The van der Waals surface area contributed by atoms with E-state index in [2.05, 4.69) is 15.2 Å². The van der Waals surface area contributed by atoms with Gasteiger partial charge in [0.1, 0.15) is 5.82 Å². The van der Waals surface area contributed by atoms with Crippen molar-refractivity contribution in [3.05, 3.63) is 35.1 Å². The molecule has 0 aliphatic carbocycles. The van der Waals surface area contributed by atoms with Gasteiger partial charge in [0.05, 0.1) is 6.54 Å². The largest absolute Gasteiger partial charge is 0.357 e. The van der Waals surface area contributed by atoms with Crippen molar-refractivity contribution in [3.8, 4) is 0 Å². The summed E-state index contributed by atoms with van der Waals surface area (Å²) in [6.45, 7) is 9.67. The normalized spacial score (nSPS) is 15.1. The minimum absolute atomic E-state index is 0. The Morgan fingerprint density at radius 2 is 1.88 bits per heavy atom. The van der Waals surface area contributed by atoms with E-state index >= 15 is 0 Å². The molecule has 7 heteroatoms. The van der Waals surface area contributed by atoms with Gasteiger partial charge in [-0.25, -0.2) is 9.38 Å². The molecule has 24 heavy (non-hydrogen) atoms. The molecule has 1 aromatic carbocycles. The monoisotopic (exact) mass is 448 g/mol. The highest BCUT2D eigenvalue weighted by Gasteiger charge is 2.20. The summed E-state index contributed by atoms with van der Waals surface area (Å²) in [6, 6.07) is 5.08. The molecule has 0 atom stereocenters. The van der Waals surface area contributed by atoms with E-state index in [1.54, 1.807) is 19.9 Å². The van der Waals surface area contributed by atoms with Crippen molar-refractivity contribution in [3.63, 3.8) is 0 Å². The Morgan fingerprint density at radius 3 is 2.42 bits per heavy atom. The third-order valence-electron chi connectivity index (χ3n) is 3.99. The van der Waals surface area contributed by atoms with Crippen molar-refractivity contribution in [2.45, 2.75) is 27.3 Å². The molecule has 2 rings (SSSR count). The number of piperazine rings is 1. The fourth-order valence-electron chi connectivity index (χ4n) is 2.63. The van der Waals surface area contributed by atoms with Crippen LogP contribution in [0.5, 0.6) is 0 Å². The molecular weight excluding hydrogens is 422 g/mol. The van der Waals surface area contributed by atoms with Crippen LogP contribution < -0.4 is 5.32 Å². The number of amides is 1. The third kappa shape index (κ3) is 5.61. The van der Waals surface area contributed by atoms with Crippen molar-refractivity contribution in [2.75, 3.05) is 32.7 Å². The van der Waals surface area contributed by atoms with Gasteiger partial charge in [-0.05, 0) is 31.0 Å². The van der Waals surface area contributed by atoms with Crippen LogP contribution in [0.4, 0.5) is 4.39 Å². The van der Waals surface area contributed by atoms with Crippen molar-refractivity contribution in [1.82, 2.24) is 15.1 Å². The Hall–Kier alpha value is -1.38. The summed E-state index contributed by atoms with van der Waals surface area (Å²) >= 11 is 0. The van der Waals surface area contributed by atoms with Crippen molar-refractivity contribution in [1.29, 1.82) is 0 Å². The van der Waals surface area contributed by atoms with Crippen LogP contribution in [-0.4, -0.2) is 54.4 Å². The van der Waals surface area contributed by atoms with Crippen LogP contribution in [-0.2, 0) is 11.3 Å². The quantitative estimate of drug-likeness (QED) is 0.439. The van der Waals surface area contributed by atoms with E-state index in [1.807, 2.05) is 17.9 Å². The van der Waals surface area contributed by atoms with E-state index in [9.17, 15) is 9.18 Å². The molecule has 0 saturated carbocycles. The topological polar surface area (TPSA) is 47.9 Å². The summed E-state index contributed by atoms with van der Waals surface area (Å²) in [6.07, 6.45) is 0. The lowest BCUT2D eigenvalue weighted by Gasteiger charge is -2.36. The van der Waals surface area contributed by atoms with Gasteiger partial charge in [-0.2, -0.15) is 0 Å². The van der Waals surface area contributed by atoms with E-state index in [0.717, 1.165) is 44.2 Å². The molecule has 1 N–H and O–H groups in total. The first-order chi connectivity index (χ1) is 11.0. The van der Waals surface area contributed by atoms with Crippen LogP contribution in [0.2, 0.25) is 0 Å². The minimum atomic E-state index is -0.190. The van der Waals surface area contributed by atoms with Crippen molar-refractivity contribution < 1.29 is 9.18 Å².